The van der Waals surface area contributed by atoms with Crippen LogP contribution in [0.3, 0.4) is 0 Å². The Bertz CT molecular complexity index is 1780. The number of amides is 1. The topological polar surface area (TPSA) is 80.3 Å². The molecule has 0 bridgehead atoms. The molecule has 0 aromatic heterocycles. The summed E-state index contributed by atoms with van der Waals surface area (Å²) in [5.74, 6) is -12.5. The average molecular weight is 697 g/mol. The van der Waals surface area contributed by atoms with Gasteiger partial charge in [0.25, 0.3) is 5.91 Å². The lowest BCUT2D eigenvalue weighted by atomic mass is 9.97. The standard InChI is InChI=1S/C38H37F5N2O5/c1-48-21-27-6-4-16-45(27)19-28-17-30(24-10-8-22(20-46)9-11-24)50-38(49-28)25-14-12-23(13-15-25)29-7-3-2-5-26(29)18-44-37(47)31-32(39)34(41)36(43)35(42)33(31)40/h2-3,5,7-15,27-28,30,38,46H,4,6,16-21H2,1H3,(H,44,47)/t27-,28-,30+,38+/m0/s1. The largest absolute Gasteiger partial charge is 0.392 e. The van der Waals surface area contributed by atoms with Crippen LogP contribution in [0.25, 0.3) is 11.1 Å². The molecule has 0 saturated carbocycles. The zero-order valence-electron chi connectivity index (χ0n) is 27.3. The molecule has 2 saturated heterocycles. The first-order chi connectivity index (χ1) is 24.2. The van der Waals surface area contributed by atoms with Crippen molar-refractivity contribution in [2.45, 2.75) is 57.0 Å². The smallest absolute Gasteiger partial charge is 0.257 e. The maximum atomic E-state index is 14.2. The lowest BCUT2D eigenvalue weighted by Gasteiger charge is -2.38. The van der Waals surface area contributed by atoms with Gasteiger partial charge in [0.2, 0.25) is 5.82 Å². The van der Waals surface area contributed by atoms with Crippen molar-refractivity contribution < 1.29 is 46.1 Å². The van der Waals surface area contributed by atoms with Gasteiger partial charge in [-0.1, -0.05) is 72.8 Å². The second-order valence-electron chi connectivity index (χ2n) is 12.5. The molecular formula is C38H37F5N2O5. The summed E-state index contributed by atoms with van der Waals surface area (Å²) < 4.78 is 87.8. The fourth-order valence-corrected chi connectivity index (χ4v) is 6.66. The highest BCUT2D eigenvalue weighted by molar-refractivity contribution is 5.95. The van der Waals surface area contributed by atoms with E-state index >= 15 is 0 Å². The highest BCUT2D eigenvalue weighted by atomic mass is 19.2. The SMILES string of the molecule is COC[C@@H]1CCCN1C[C@@H]1C[C@H](c2ccc(CO)cc2)O[C@H](c2ccc(-c3ccccc3CNC(=O)c3c(F)c(F)c(F)c(F)c3F)cc2)O1. The molecule has 4 atom stereocenters. The van der Waals surface area contributed by atoms with E-state index in [1.165, 1.54) is 0 Å². The van der Waals surface area contributed by atoms with Gasteiger partial charge in [-0.05, 0) is 47.2 Å². The van der Waals surface area contributed by atoms with Crippen molar-refractivity contribution in [3.8, 4) is 11.1 Å². The van der Waals surface area contributed by atoms with Crippen LogP contribution in [-0.2, 0) is 27.4 Å². The van der Waals surface area contributed by atoms with Gasteiger partial charge in [-0.3, -0.25) is 9.69 Å². The Labute approximate surface area is 286 Å². The summed E-state index contributed by atoms with van der Waals surface area (Å²) in [4.78, 5) is 15.0. The molecule has 6 rings (SSSR count). The Morgan fingerprint density at radius 3 is 2.22 bits per heavy atom. The van der Waals surface area contributed by atoms with Gasteiger partial charge in [0.05, 0.1) is 25.4 Å². The van der Waals surface area contributed by atoms with Crippen molar-refractivity contribution in [2.75, 3.05) is 26.8 Å². The van der Waals surface area contributed by atoms with Crippen molar-refractivity contribution in [3.63, 3.8) is 0 Å². The van der Waals surface area contributed by atoms with Gasteiger partial charge in [0, 0.05) is 38.2 Å². The number of likely N-dealkylation sites (tertiary alicyclic amines) is 1. The van der Waals surface area contributed by atoms with Crippen LogP contribution >= 0.6 is 0 Å². The number of hydrogen-bond donors (Lipinski definition) is 2. The molecule has 2 fully saturated rings. The molecule has 0 spiro atoms. The highest BCUT2D eigenvalue weighted by Gasteiger charge is 2.36. The normalized spacial score (nSPS) is 21.0. The maximum Gasteiger partial charge on any atom is 0.257 e. The molecule has 50 heavy (non-hydrogen) atoms. The van der Waals surface area contributed by atoms with Gasteiger partial charge in [-0.15, -0.1) is 0 Å². The fraction of sp³-hybridized carbons (Fsp3) is 0.342. The second kappa shape index (κ2) is 15.8. The number of methoxy groups -OCH3 is 1. The highest BCUT2D eigenvalue weighted by Crippen LogP contribution is 2.39. The molecule has 2 heterocycles. The predicted octanol–water partition coefficient (Wildman–Crippen LogP) is 7.13. The molecule has 2 aliphatic rings. The zero-order valence-corrected chi connectivity index (χ0v) is 27.3. The minimum Gasteiger partial charge on any atom is -0.392 e. The Balaban J connectivity index is 1.20. The average Bonchev–Trinajstić information content (AvgIpc) is 3.58. The van der Waals surface area contributed by atoms with E-state index in [1.54, 1.807) is 31.4 Å². The Morgan fingerprint density at radius 2 is 1.54 bits per heavy atom. The Hall–Kier alpha value is -4.20. The van der Waals surface area contributed by atoms with Crippen LogP contribution in [0.5, 0.6) is 0 Å². The quantitative estimate of drug-likeness (QED) is 0.0988. The molecule has 4 aromatic carbocycles. The van der Waals surface area contributed by atoms with Crippen LogP contribution in [-0.4, -0.2) is 54.9 Å². The lowest BCUT2D eigenvalue weighted by Crippen LogP contribution is -2.42. The number of hydrogen-bond acceptors (Lipinski definition) is 6. The summed E-state index contributed by atoms with van der Waals surface area (Å²) in [6, 6.07) is 22.4. The summed E-state index contributed by atoms with van der Waals surface area (Å²) in [6.07, 6.45) is 1.75. The van der Waals surface area contributed by atoms with E-state index in [0.29, 0.717) is 30.2 Å². The molecule has 0 unspecified atom stereocenters. The fourth-order valence-electron chi connectivity index (χ4n) is 6.66. The van der Waals surface area contributed by atoms with Crippen LogP contribution in [0.15, 0.2) is 72.8 Å². The van der Waals surface area contributed by atoms with E-state index in [9.17, 15) is 31.9 Å². The van der Waals surface area contributed by atoms with Gasteiger partial charge in [0.1, 0.15) is 5.56 Å². The van der Waals surface area contributed by atoms with Crippen LogP contribution in [0.1, 0.15) is 64.3 Å². The molecule has 12 heteroatoms. The van der Waals surface area contributed by atoms with Crippen molar-refractivity contribution in [1.82, 2.24) is 10.2 Å². The number of nitrogens with zero attached hydrogens (tertiary/aromatic N) is 1. The molecule has 2 aliphatic heterocycles. The van der Waals surface area contributed by atoms with Crippen LogP contribution in [0, 0.1) is 29.1 Å². The van der Waals surface area contributed by atoms with Crippen molar-refractivity contribution in [2.24, 2.45) is 0 Å². The number of carbonyl (C=O) groups excluding carboxylic acids is 1. The first-order valence-corrected chi connectivity index (χ1v) is 16.4. The van der Waals surface area contributed by atoms with Crippen molar-refractivity contribution in [1.29, 1.82) is 0 Å². The summed E-state index contributed by atoms with van der Waals surface area (Å²) >= 11 is 0. The number of aliphatic hydroxyl groups excluding tert-OH is 1. The minimum absolute atomic E-state index is 0.0524. The molecule has 1 amide bonds. The van der Waals surface area contributed by atoms with E-state index < -0.39 is 46.8 Å². The third-order valence-electron chi connectivity index (χ3n) is 9.30. The number of ether oxygens (including phenoxy) is 3. The van der Waals surface area contributed by atoms with E-state index in [2.05, 4.69) is 10.2 Å². The van der Waals surface area contributed by atoms with Crippen molar-refractivity contribution in [3.05, 3.63) is 130 Å². The zero-order chi connectivity index (χ0) is 35.4. The number of nitrogens with one attached hydrogen (secondary N) is 1. The number of carbonyl (C=O) groups is 1. The molecule has 264 valence electrons. The van der Waals surface area contributed by atoms with Gasteiger partial charge in [-0.2, -0.15) is 0 Å². The first-order valence-electron chi connectivity index (χ1n) is 16.4. The van der Waals surface area contributed by atoms with Gasteiger partial charge < -0.3 is 24.6 Å². The van der Waals surface area contributed by atoms with Gasteiger partial charge in [-0.25, -0.2) is 22.0 Å². The third kappa shape index (κ3) is 7.59. The lowest BCUT2D eigenvalue weighted by molar-refractivity contribution is -0.253. The second-order valence-corrected chi connectivity index (χ2v) is 12.5. The number of halogens is 5. The van der Waals surface area contributed by atoms with Gasteiger partial charge in [0.15, 0.2) is 29.6 Å². The van der Waals surface area contributed by atoms with Crippen LogP contribution < -0.4 is 5.32 Å². The van der Waals surface area contributed by atoms with E-state index in [4.69, 9.17) is 14.2 Å². The van der Waals surface area contributed by atoms with E-state index in [-0.39, 0.29) is 25.4 Å². The molecule has 0 radical (unpaired) electrons. The third-order valence-corrected chi connectivity index (χ3v) is 9.30. The molecule has 2 N–H and O–H groups in total. The van der Waals surface area contributed by atoms with E-state index in [0.717, 1.165) is 48.2 Å². The molecule has 4 aromatic rings. The van der Waals surface area contributed by atoms with Gasteiger partial charge >= 0.3 is 0 Å². The summed E-state index contributed by atoms with van der Waals surface area (Å²) in [5, 5.41) is 11.8. The Kier molecular flexibility index (Phi) is 11.2. The molecule has 7 nitrogen and oxygen atoms in total. The predicted molar refractivity (Wildman–Crippen MR) is 174 cm³/mol. The van der Waals surface area contributed by atoms with Crippen molar-refractivity contribution >= 4 is 5.91 Å². The van der Waals surface area contributed by atoms with Crippen LogP contribution in [0.4, 0.5) is 22.0 Å². The minimum atomic E-state index is -2.33. The Morgan fingerprint density at radius 1 is 0.880 bits per heavy atom. The maximum absolute atomic E-state index is 14.2. The van der Waals surface area contributed by atoms with E-state index in [1.807, 2.05) is 48.5 Å². The molecular weight excluding hydrogens is 659 g/mol. The number of rotatable bonds is 11. The monoisotopic (exact) mass is 696 g/mol. The summed E-state index contributed by atoms with van der Waals surface area (Å²) in [7, 11) is 1.71. The summed E-state index contributed by atoms with van der Waals surface area (Å²) in [6.45, 7) is 2.04. The first kappa shape index (κ1) is 35.6. The van der Waals surface area contributed by atoms with Crippen LogP contribution in [0.2, 0.25) is 0 Å². The number of aliphatic hydroxyl groups is 1. The summed E-state index contributed by atoms with van der Waals surface area (Å²) in [5.41, 5.74) is 3.00. The number of benzene rings is 4. The molecule has 0 aliphatic carbocycles.